The molecule has 4 rings (SSSR count). The van der Waals surface area contributed by atoms with Crippen LogP contribution in [-0.4, -0.2) is 38.3 Å². The summed E-state index contributed by atoms with van der Waals surface area (Å²) in [6.45, 7) is 1.48. The second kappa shape index (κ2) is 8.35. The maximum atomic E-state index is 12.7. The Morgan fingerprint density at radius 2 is 1.89 bits per heavy atom. The first-order valence-corrected chi connectivity index (χ1v) is 12.3. The van der Waals surface area contributed by atoms with Crippen LogP contribution in [0.25, 0.3) is 0 Å². The fourth-order valence-corrected chi connectivity index (χ4v) is 6.94. The SMILES string of the molecule is O=C(NCC1CCCc2ccccc21)C1CCN(S(=O)(=O)c2cccs2)CC1. The van der Waals surface area contributed by atoms with Crippen LogP contribution < -0.4 is 5.32 Å². The highest BCUT2D eigenvalue weighted by molar-refractivity contribution is 7.91. The van der Waals surface area contributed by atoms with E-state index in [0.717, 1.165) is 19.3 Å². The van der Waals surface area contributed by atoms with E-state index in [1.807, 2.05) is 0 Å². The minimum atomic E-state index is -3.41. The zero-order valence-corrected chi connectivity index (χ0v) is 17.5. The van der Waals surface area contributed by atoms with Crippen molar-refractivity contribution < 1.29 is 13.2 Å². The molecule has 2 heterocycles. The Morgan fingerprint density at radius 1 is 1.11 bits per heavy atom. The Bertz CT molecular complexity index is 917. The number of fused-ring (bicyclic) bond motifs is 1. The zero-order chi connectivity index (χ0) is 19.6. The van der Waals surface area contributed by atoms with Gasteiger partial charge in [0.25, 0.3) is 10.0 Å². The molecule has 2 aliphatic rings. The molecule has 1 amide bonds. The van der Waals surface area contributed by atoms with Crippen molar-refractivity contribution in [3.8, 4) is 0 Å². The summed E-state index contributed by atoms with van der Waals surface area (Å²) in [7, 11) is -3.41. The maximum Gasteiger partial charge on any atom is 0.252 e. The van der Waals surface area contributed by atoms with E-state index in [9.17, 15) is 13.2 Å². The van der Waals surface area contributed by atoms with Crippen molar-refractivity contribution in [3.63, 3.8) is 0 Å². The van der Waals surface area contributed by atoms with Gasteiger partial charge >= 0.3 is 0 Å². The van der Waals surface area contributed by atoms with Gasteiger partial charge in [0, 0.05) is 31.5 Å². The number of carbonyl (C=O) groups is 1. The number of nitrogens with one attached hydrogen (secondary N) is 1. The first-order chi connectivity index (χ1) is 13.6. The van der Waals surface area contributed by atoms with E-state index in [1.165, 1.54) is 26.8 Å². The lowest BCUT2D eigenvalue weighted by molar-refractivity contribution is -0.126. The van der Waals surface area contributed by atoms with Crippen molar-refractivity contribution in [1.29, 1.82) is 0 Å². The molecular weight excluding hydrogens is 392 g/mol. The van der Waals surface area contributed by atoms with Gasteiger partial charge in [0.05, 0.1) is 0 Å². The Kier molecular flexibility index (Phi) is 5.85. The lowest BCUT2D eigenvalue weighted by Gasteiger charge is -2.31. The third kappa shape index (κ3) is 4.02. The van der Waals surface area contributed by atoms with Crippen LogP contribution in [-0.2, 0) is 21.2 Å². The molecule has 7 heteroatoms. The van der Waals surface area contributed by atoms with Gasteiger partial charge < -0.3 is 5.32 Å². The molecule has 1 unspecified atom stereocenters. The number of thiophene rings is 1. The minimum Gasteiger partial charge on any atom is -0.355 e. The Hall–Kier alpha value is -1.70. The first kappa shape index (κ1) is 19.6. The van der Waals surface area contributed by atoms with Gasteiger partial charge in [0.15, 0.2) is 0 Å². The standard InChI is InChI=1S/C21H26N2O3S2/c24-21(22-15-18-7-3-6-16-5-1-2-8-19(16)18)17-10-12-23(13-11-17)28(25,26)20-9-4-14-27-20/h1-2,4-5,8-9,14,17-18H,3,6-7,10-13,15H2,(H,22,24). The van der Waals surface area contributed by atoms with Crippen LogP contribution in [0.2, 0.25) is 0 Å². The van der Waals surface area contributed by atoms with Crippen LogP contribution in [0.1, 0.15) is 42.7 Å². The fourth-order valence-electron chi connectivity index (χ4n) is 4.33. The average molecular weight is 419 g/mol. The summed E-state index contributed by atoms with van der Waals surface area (Å²) < 4.78 is 27.1. The molecule has 28 heavy (non-hydrogen) atoms. The van der Waals surface area contributed by atoms with Crippen LogP contribution >= 0.6 is 11.3 Å². The van der Waals surface area contributed by atoms with Gasteiger partial charge in [-0.3, -0.25) is 4.79 Å². The van der Waals surface area contributed by atoms with Gasteiger partial charge in [-0.15, -0.1) is 11.3 Å². The molecule has 1 atom stereocenters. The van der Waals surface area contributed by atoms with Crippen molar-refractivity contribution in [3.05, 3.63) is 52.9 Å². The normalized spacial score (nSPS) is 21.2. The summed E-state index contributed by atoms with van der Waals surface area (Å²) in [5, 5.41) is 4.91. The van der Waals surface area contributed by atoms with Crippen molar-refractivity contribution in [2.24, 2.45) is 5.92 Å². The molecule has 5 nitrogen and oxygen atoms in total. The number of carbonyl (C=O) groups excluding carboxylic acids is 1. The molecule has 0 spiro atoms. The van der Waals surface area contributed by atoms with E-state index in [-0.39, 0.29) is 11.8 Å². The van der Waals surface area contributed by atoms with Gasteiger partial charge in [0.1, 0.15) is 4.21 Å². The Labute approximate surface area is 170 Å². The monoisotopic (exact) mass is 418 g/mol. The van der Waals surface area contributed by atoms with E-state index < -0.39 is 10.0 Å². The number of hydrogen-bond donors (Lipinski definition) is 1. The molecule has 0 radical (unpaired) electrons. The third-order valence-corrected chi connectivity index (χ3v) is 9.20. The molecule has 1 aromatic carbocycles. The molecule has 1 N–H and O–H groups in total. The van der Waals surface area contributed by atoms with Crippen molar-refractivity contribution >= 4 is 27.3 Å². The number of hydrogen-bond acceptors (Lipinski definition) is 4. The van der Waals surface area contributed by atoms with Crippen LogP contribution in [0, 0.1) is 5.92 Å². The summed E-state index contributed by atoms with van der Waals surface area (Å²) in [4.78, 5) is 12.7. The molecule has 1 fully saturated rings. The number of aryl methyl sites for hydroxylation is 1. The van der Waals surface area contributed by atoms with Gasteiger partial charge in [-0.1, -0.05) is 30.3 Å². The number of sulfonamides is 1. The Balaban J connectivity index is 1.31. The molecular formula is C21H26N2O3S2. The van der Waals surface area contributed by atoms with Gasteiger partial charge in [-0.05, 0) is 54.7 Å². The number of rotatable bonds is 5. The highest BCUT2D eigenvalue weighted by atomic mass is 32.2. The smallest absolute Gasteiger partial charge is 0.252 e. The van der Waals surface area contributed by atoms with Gasteiger partial charge in [-0.25, -0.2) is 8.42 Å². The van der Waals surface area contributed by atoms with Crippen LogP contribution in [0.5, 0.6) is 0 Å². The molecule has 0 saturated carbocycles. The molecule has 1 aliphatic carbocycles. The van der Waals surface area contributed by atoms with E-state index >= 15 is 0 Å². The first-order valence-electron chi connectivity index (χ1n) is 9.95. The van der Waals surface area contributed by atoms with Gasteiger partial charge in [-0.2, -0.15) is 4.31 Å². The molecule has 2 aromatic rings. The molecule has 1 aromatic heterocycles. The molecule has 0 bridgehead atoms. The topological polar surface area (TPSA) is 66.5 Å². The maximum absolute atomic E-state index is 12.7. The van der Waals surface area contributed by atoms with Crippen molar-refractivity contribution in [2.45, 2.75) is 42.2 Å². The highest BCUT2D eigenvalue weighted by Gasteiger charge is 2.32. The predicted molar refractivity (Wildman–Crippen MR) is 111 cm³/mol. The number of piperidine rings is 1. The van der Waals surface area contributed by atoms with E-state index in [1.54, 1.807) is 17.5 Å². The summed E-state index contributed by atoms with van der Waals surface area (Å²) in [6.07, 6.45) is 4.55. The van der Waals surface area contributed by atoms with Gasteiger partial charge in [0.2, 0.25) is 5.91 Å². The Morgan fingerprint density at radius 3 is 2.64 bits per heavy atom. The van der Waals surface area contributed by atoms with E-state index in [4.69, 9.17) is 0 Å². The quantitative estimate of drug-likeness (QED) is 0.809. The summed E-state index contributed by atoms with van der Waals surface area (Å²) >= 11 is 1.24. The fraction of sp³-hybridized carbons (Fsp3) is 0.476. The number of amides is 1. The third-order valence-electron chi connectivity index (χ3n) is 5.93. The zero-order valence-electron chi connectivity index (χ0n) is 15.8. The predicted octanol–water partition coefficient (Wildman–Crippen LogP) is 3.39. The van der Waals surface area contributed by atoms with Crippen LogP contribution in [0.3, 0.4) is 0 Å². The summed E-state index contributed by atoms with van der Waals surface area (Å²) in [5.41, 5.74) is 2.77. The average Bonchev–Trinajstić information content (AvgIpc) is 3.28. The summed E-state index contributed by atoms with van der Waals surface area (Å²) in [6, 6.07) is 11.9. The lowest BCUT2D eigenvalue weighted by Crippen LogP contribution is -2.43. The number of nitrogens with zero attached hydrogens (tertiary/aromatic N) is 1. The van der Waals surface area contributed by atoms with E-state index in [2.05, 4.69) is 29.6 Å². The highest BCUT2D eigenvalue weighted by Crippen LogP contribution is 2.31. The summed E-state index contributed by atoms with van der Waals surface area (Å²) in [5.74, 6) is 0.345. The minimum absolute atomic E-state index is 0.0660. The van der Waals surface area contributed by atoms with E-state index in [0.29, 0.717) is 42.6 Å². The van der Waals surface area contributed by atoms with Crippen LogP contribution in [0.15, 0.2) is 46.0 Å². The molecule has 1 saturated heterocycles. The van der Waals surface area contributed by atoms with Crippen LogP contribution in [0.4, 0.5) is 0 Å². The van der Waals surface area contributed by atoms with Crippen molar-refractivity contribution in [1.82, 2.24) is 9.62 Å². The second-order valence-electron chi connectivity index (χ2n) is 7.64. The molecule has 1 aliphatic heterocycles. The lowest BCUT2D eigenvalue weighted by atomic mass is 9.82. The largest absolute Gasteiger partial charge is 0.355 e. The number of benzene rings is 1. The second-order valence-corrected chi connectivity index (χ2v) is 10.8. The molecule has 150 valence electrons. The van der Waals surface area contributed by atoms with Crippen molar-refractivity contribution in [2.75, 3.05) is 19.6 Å².